The second-order valence-electron chi connectivity index (χ2n) is 5.61. The van der Waals surface area contributed by atoms with E-state index in [2.05, 4.69) is 53.1 Å². The zero-order valence-electron chi connectivity index (χ0n) is 12.3. The van der Waals surface area contributed by atoms with Crippen molar-refractivity contribution in [1.82, 2.24) is 14.8 Å². The molecule has 0 saturated carbocycles. The van der Waals surface area contributed by atoms with Crippen molar-refractivity contribution in [2.24, 2.45) is 0 Å². The number of piperazine rings is 1. The topological polar surface area (TPSA) is 19.4 Å². The van der Waals surface area contributed by atoms with Gasteiger partial charge in [0.15, 0.2) is 0 Å². The lowest BCUT2D eigenvalue weighted by atomic mass is 10.2. The number of pyridine rings is 1. The summed E-state index contributed by atoms with van der Waals surface area (Å²) in [4.78, 5) is 9.85. The van der Waals surface area contributed by atoms with Crippen molar-refractivity contribution in [3.63, 3.8) is 0 Å². The van der Waals surface area contributed by atoms with E-state index < -0.39 is 0 Å². The van der Waals surface area contributed by atoms with Crippen LogP contribution in [-0.2, 0) is 6.54 Å². The minimum atomic E-state index is 0.977. The molecule has 2 aromatic rings. The summed E-state index contributed by atoms with van der Waals surface area (Å²) in [6, 6.07) is 12.7. The van der Waals surface area contributed by atoms with E-state index in [-0.39, 0.29) is 0 Å². The first-order valence-electron chi connectivity index (χ1n) is 7.64. The molecule has 1 aliphatic heterocycles. The van der Waals surface area contributed by atoms with Crippen LogP contribution in [0.5, 0.6) is 0 Å². The Kier molecular flexibility index (Phi) is 4.28. The van der Waals surface area contributed by atoms with Crippen molar-refractivity contribution in [2.45, 2.75) is 19.9 Å². The van der Waals surface area contributed by atoms with E-state index in [1.165, 1.54) is 37.1 Å². The van der Waals surface area contributed by atoms with E-state index in [0.29, 0.717) is 0 Å². The van der Waals surface area contributed by atoms with Gasteiger partial charge in [-0.3, -0.25) is 9.88 Å². The quantitative estimate of drug-likeness (QED) is 0.851. The number of para-hydroxylation sites is 1. The van der Waals surface area contributed by atoms with Crippen LogP contribution in [0.1, 0.15) is 19.0 Å². The maximum atomic E-state index is 4.77. The van der Waals surface area contributed by atoms with Crippen LogP contribution >= 0.6 is 0 Å². The monoisotopic (exact) mass is 269 g/mol. The van der Waals surface area contributed by atoms with Crippen LogP contribution in [-0.4, -0.2) is 47.5 Å². The summed E-state index contributed by atoms with van der Waals surface area (Å²) in [6.45, 7) is 9.18. The highest BCUT2D eigenvalue weighted by atomic mass is 15.3. The average molecular weight is 269 g/mol. The Morgan fingerprint density at radius 3 is 2.50 bits per heavy atom. The largest absolute Gasteiger partial charge is 0.301 e. The first-order chi connectivity index (χ1) is 9.85. The molecule has 2 heterocycles. The van der Waals surface area contributed by atoms with Crippen LogP contribution in [0.2, 0.25) is 0 Å². The lowest BCUT2D eigenvalue weighted by Gasteiger charge is -2.34. The van der Waals surface area contributed by atoms with Crippen molar-refractivity contribution in [2.75, 3.05) is 32.7 Å². The van der Waals surface area contributed by atoms with Gasteiger partial charge in [-0.1, -0.05) is 31.2 Å². The standard InChI is InChI=1S/C17H23N3/c1-2-9-19-10-12-20(13-11-19)14-16-8-7-15-5-3-4-6-17(15)18-16/h3-8H,2,9-14H2,1H3. The predicted octanol–water partition coefficient (Wildman–Crippen LogP) is 2.76. The summed E-state index contributed by atoms with van der Waals surface area (Å²) < 4.78 is 0. The molecule has 0 spiro atoms. The van der Waals surface area contributed by atoms with Crippen LogP contribution in [0.15, 0.2) is 36.4 Å². The average Bonchev–Trinajstić information content (AvgIpc) is 2.49. The molecule has 3 rings (SSSR count). The summed E-state index contributed by atoms with van der Waals surface area (Å²) in [5.41, 5.74) is 2.29. The van der Waals surface area contributed by atoms with Crippen LogP contribution in [0.25, 0.3) is 10.9 Å². The summed E-state index contributed by atoms with van der Waals surface area (Å²) in [6.07, 6.45) is 1.26. The molecule has 0 unspecified atom stereocenters. The molecule has 106 valence electrons. The maximum Gasteiger partial charge on any atom is 0.0705 e. The van der Waals surface area contributed by atoms with Crippen LogP contribution in [0, 0.1) is 0 Å². The van der Waals surface area contributed by atoms with E-state index >= 15 is 0 Å². The Hall–Kier alpha value is -1.45. The molecule has 0 bridgehead atoms. The fourth-order valence-electron chi connectivity index (χ4n) is 2.91. The molecule has 0 aliphatic carbocycles. The number of benzene rings is 1. The lowest BCUT2D eigenvalue weighted by molar-refractivity contribution is 0.126. The van der Waals surface area contributed by atoms with Gasteiger partial charge in [0.25, 0.3) is 0 Å². The molecule has 1 saturated heterocycles. The highest BCUT2D eigenvalue weighted by molar-refractivity contribution is 5.78. The molecule has 1 aliphatic rings. The first kappa shape index (κ1) is 13.5. The Labute approximate surface area is 121 Å². The van der Waals surface area contributed by atoms with Crippen LogP contribution in [0.4, 0.5) is 0 Å². The van der Waals surface area contributed by atoms with E-state index in [9.17, 15) is 0 Å². The number of fused-ring (bicyclic) bond motifs is 1. The zero-order valence-corrected chi connectivity index (χ0v) is 12.3. The van der Waals surface area contributed by atoms with Gasteiger partial charge in [-0.05, 0) is 25.1 Å². The highest BCUT2D eigenvalue weighted by Crippen LogP contribution is 2.14. The summed E-state index contributed by atoms with van der Waals surface area (Å²) in [5.74, 6) is 0. The summed E-state index contributed by atoms with van der Waals surface area (Å²) in [7, 11) is 0. The number of aromatic nitrogens is 1. The summed E-state index contributed by atoms with van der Waals surface area (Å²) >= 11 is 0. The Morgan fingerprint density at radius 1 is 0.950 bits per heavy atom. The van der Waals surface area contributed by atoms with Crippen LogP contribution < -0.4 is 0 Å². The SMILES string of the molecule is CCCN1CCN(Cc2ccc3ccccc3n2)CC1. The molecule has 0 radical (unpaired) electrons. The third-order valence-corrected chi connectivity index (χ3v) is 4.05. The van der Waals surface area contributed by atoms with Gasteiger partial charge < -0.3 is 4.90 Å². The minimum absolute atomic E-state index is 0.977. The molecule has 20 heavy (non-hydrogen) atoms. The highest BCUT2D eigenvalue weighted by Gasteiger charge is 2.16. The Bertz CT molecular complexity index is 559. The molecule has 1 fully saturated rings. The molecule has 0 amide bonds. The second kappa shape index (κ2) is 6.33. The molecule has 0 atom stereocenters. The number of nitrogens with zero attached hydrogens (tertiary/aromatic N) is 3. The number of rotatable bonds is 4. The summed E-state index contributed by atoms with van der Waals surface area (Å²) in [5, 5.41) is 1.23. The molecule has 3 nitrogen and oxygen atoms in total. The lowest BCUT2D eigenvalue weighted by Crippen LogP contribution is -2.46. The van der Waals surface area contributed by atoms with Crippen LogP contribution in [0.3, 0.4) is 0 Å². The van der Waals surface area contributed by atoms with E-state index in [0.717, 1.165) is 25.2 Å². The van der Waals surface area contributed by atoms with Crippen molar-refractivity contribution in [3.05, 3.63) is 42.1 Å². The maximum absolute atomic E-state index is 4.77. The number of hydrogen-bond acceptors (Lipinski definition) is 3. The molecular formula is C17H23N3. The van der Waals surface area contributed by atoms with Crippen molar-refractivity contribution in [3.8, 4) is 0 Å². The van der Waals surface area contributed by atoms with Gasteiger partial charge in [0.1, 0.15) is 0 Å². The Balaban J connectivity index is 1.62. The number of hydrogen-bond donors (Lipinski definition) is 0. The predicted molar refractivity (Wildman–Crippen MR) is 83.8 cm³/mol. The second-order valence-corrected chi connectivity index (χ2v) is 5.61. The normalized spacial score (nSPS) is 17.6. The third-order valence-electron chi connectivity index (χ3n) is 4.05. The molecule has 0 N–H and O–H groups in total. The molecular weight excluding hydrogens is 246 g/mol. The van der Waals surface area contributed by atoms with Crippen molar-refractivity contribution in [1.29, 1.82) is 0 Å². The van der Waals surface area contributed by atoms with E-state index in [1.807, 2.05) is 0 Å². The van der Waals surface area contributed by atoms with Gasteiger partial charge in [-0.25, -0.2) is 0 Å². The Morgan fingerprint density at radius 2 is 1.70 bits per heavy atom. The van der Waals surface area contributed by atoms with Gasteiger partial charge in [0.05, 0.1) is 11.2 Å². The minimum Gasteiger partial charge on any atom is -0.301 e. The van der Waals surface area contributed by atoms with Crippen molar-refractivity contribution >= 4 is 10.9 Å². The smallest absolute Gasteiger partial charge is 0.0705 e. The van der Waals surface area contributed by atoms with Gasteiger partial charge in [-0.15, -0.1) is 0 Å². The van der Waals surface area contributed by atoms with Gasteiger partial charge in [0, 0.05) is 38.1 Å². The fourth-order valence-corrected chi connectivity index (χ4v) is 2.91. The van der Waals surface area contributed by atoms with Gasteiger partial charge >= 0.3 is 0 Å². The van der Waals surface area contributed by atoms with E-state index in [1.54, 1.807) is 0 Å². The van der Waals surface area contributed by atoms with Crippen molar-refractivity contribution < 1.29 is 0 Å². The van der Waals surface area contributed by atoms with E-state index in [4.69, 9.17) is 4.98 Å². The molecule has 1 aromatic carbocycles. The molecule has 1 aromatic heterocycles. The fraction of sp³-hybridized carbons (Fsp3) is 0.471. The zero-order chi connectivity index (χ0) is 13.8. The van der Waals surface area contributed by atoms with Gasteiger partial charge in [-0.2, -0.15) is 0 Å². The molecule has 3 heteroatoms. The third kappa shape index (κ3) is 3.17. The first-order valence-corrected chi connectivity index (χ1v) is 7.64. The van der Waals surface area contributed by atoms with Gasteiger partial charge in [0.2, 0.25) is 0 Å².